The molecule has 0 aliphatic carbocycles. The summed E-state index contributed by atoms with van der Waals surface area (Å²) >= 11 is 5.91. The van der Waals surface area contributed by atoms with Crippen LogP contribution in [0.1, 0.15) is 28.5 Å². The predicted molar refractivity (Wildman–Crippen MR) is 83.2 cm³/mol. The average molecular weight is 286 g/mol. The summed E-state index contributed by atoms with van der Waals surface area (Å²) in [6.07, 6.45) is 0. The van der Waals surface area contributed by atoms with Crippen LogP contribution in [0.2, 0.25) is 5.02 Å². The second-order valence-corrected chi connectivity index (χ2v) is 5.56. The van der Waals surface area contributed by atoms with E-state index in [-0.39, 0.29) is 6.04 Å². The summed E-state index contributed by atoms with van der Waals surface area (Å²) in [5, 5.41) is 1.84. The van der Waals surface area contributed by atoms with E-state index in [1.54, 1.807) is 0 Å². The molecule has 1 aromatic heterocycles. The average Bonchev–Trinajstić information content (AvgIpc) is 2.76. The van der Waals surface area contributed by atoms with Gasteiger partial charge >= 0.3 is 0 Å². The molecule has 0 saturated heterocycles. The molecule has 2 N–H and O–H groups in total. The minimum atomic E-state index is -0.278. The highest BCUT2D eigenvalue weighted by atomic mass is 35.5. The lowest BCUT2D eigenvalue weighted by Crippen LogP contribution is -2.11. The van der Waals surface area contributed by atoms with Crippen LogP contribution < -0.4 is 5.73 Å². The normalized spacial score (nSPS) is 12.8. The van der Waals surface area contributed by atoms with Gasteiger partial charge in [0, 0.05) is 16.0 Å². The lowest BCUT2D eigenvalue weighted by Gasteiger charge is -2.10. The number of aryl methyl sites for hydroxylation is 2. The molecule has 2 aromatic carbocycles. The summed E-state index contributed by atoms with van der Waals surface area (Å²) in [6.45, 7) is 4.13. The van der Waals surface area contributed by atoms with Crippen LogP contribution in [-0.2, 0) is 0 Å². The third kappa shape index (κ3) is 2.21. The molecule has 1 heterocycles. The minimum Gasteiger partial charge on any atom is -0.459 e. The Morgan fingerprint density at radius 2 is 1.75 bits per heavy atom. The smallest absolute Gasteiger partial charge is 0.134 e. The fraction of sp³-hybridized carbons (Fsp3) is 0.176. The van der Waals surface area contributed by atoms with E-state index in [0.29, 0.717) is 5.02 Å². The van der Waals surface area contributed by atoms with Crippen molar-refractivity contribution in [2.24, 2.45) is 5.73 Å². The Balaban J connectivity index is 2.09. The lowest BCUT2D eigenvalue weighted by atomic mass is 10.0. The Kier molecular flexibility index (Phi) is 3.28. The number of benzene rings is 2. The highest BCUT2D eigenvalue weighted by Gasteiger charge is 2.18. The van der Waals surface area contributed by atoms with Crippen LogP contribution in [-0.4, -0.2) is 0 Å². The summed E-state index contributed by atoms with van der Waals surface area (Å²) < 4.78 is 5.94. The molecule has 0 aliphatic rings. The first-order valence-electron chi connectivity index (χ1n) is 6.57. The van der Waals surface area contributed by atoms with Gasteiger partial charge in [-0.25, -0.2) is 0 Å². The third-order valence-electron chi connectivity index (χ3n) is 3.64. The first-order valence-corrected chi connectivity index (χ1v) is 6.95. The van der Waals surface area contributed by atoms with Gasteiger partial charge in [-0.1, -0.05) is 35.4 Å². The van der Waals surface area contributed by atoms with Gasteiger partial charge in [0.2, 0.25) is 0 Å². The molecule has 0 saturated carbocycles. The number of fused-ring (bicyclic) bond motifs is 1. The van der Waals surface area contributed by atoms with Crippen molar-refractivity contribution in [3.8, 4) is 0 Å². The third-order valence-corrected chi connectivity index (χ3v) is 3.89. The summed E-state index contributed by atoms with van der Waals surface area (Å²) in [7, 11) is 0. The molecule has 3 heteroatoms. The fourth-order valence-corrected chi connectivity index (χ4v) is 2.60. The monoisotopic (exact) mass is 285 g/mol. The quantitative estimate of drug-likeness (QED) is 0.738. The van der Waals surface area contributed by atoms with Gasteiger partial charge in [-0.05, 0) is 43.7 Å². The highest BCUT2D eigenvalue weighted by Crippen LogP contribution is 2.32. The van der Waals surface area contributed by atoms with Gasteiger partial charge in [-0.2, -0.15) is 0 Å². The molecule has 0 aliphatic heterocycles. The second-order valence-electron chi connectivity index (χ2n) is 5.12. The van der Waals surface area contributed by atoms with E-state index in [1.165, 1.54) is 5.56 Å². The summed E-state index contributed by atoms with van der Waals surface area (Å²) in [5.41, 5.74) is 10.5. The van der Waals surface area contributed by atoms with E-state index < -0.39 is 0 Å². The van der Waals surface area contributed by atoms with Crippen LogP contribution in [0.15, 0.2) is 46.9 Å². The second kappa shape index (κ2) is 4.97. The van der Waals surface area contributed by atoms with Crippen molar-refractivity contribution >= 4 is 22.6 Å². The van der Waals surface area contributed by atoms with E-state index in [0.717, 1.165) is 27.9 Å². The summed E-state index contributed by atoms with van der Waals surface area (Å²) in [6, 6.07) is 13.5. The molecule has 3 rings (SSSR count). The van der Waals surface area contributed by atoms with Crippen molar-refractivity contribution in [3.05, 3.63) is 69.9 Å². The number of halogens is 1. The number of rotatable bonds is 2. The van der Waals surface area contributed by atoms with Gasteiger partial charge in [-0.3, -0.25) is 0 Å². The van der Waals surface area contributed by atoms with Crippen molar-refractivity contribution in [1.29, 1.82) is 0 Å². The lowest BCUT2D eigenvalue weighted by molar-refractivity contribution is 0.521. The maximum Gasteiger partial charge on any atom is 0.134 e. The zero-order valence-electron chi connectivity index (χ0n) is 11.5. The Hall–Kier alpha value is -1.77. The Bertz CT molecular complexity index is 759. The molecule has 0 spiro atoms. The van der Waals surface area contributed by atoms with Crippen LogP contribution in [0.25, 0.3) is 11.0 Å². The van der Waals surface area contributed by atoms with Crippen LogP contribution in [0, 0.1) is 13.8 Å². The molecule has 2 nitrogen and oxygen atoms in total. The van der Waals surface area contributed by atoms with Gasteiger partial charge in [0.1, 0.15) is 11.3 Å². The zero-order chi connectivity index (χ0) is 14.3. The Labute approximate surface area is 123 Å². The van der Waals surface area contributed by atoms with Crippen molar-refractivity contribution in [2.45, 2.75) is 19.9 Å². The minimum absolute atomic E-state index is 0.278. The van der Waals surface area contributed by atoms with Crippen LogP contribution in [0.4, 0.5) is 0 Å². The topological polar surface area (TPSA) is 39.2 Å². The first kappa shape index (κ1) is 13.2. The highest BCUT2D eigenvalue weighted by molar-refractivity contribution is 6.30. The van der Waals surface area contributed by atoms with Crippen LogP contribution in [0.5, 0.6) is 0 Å². The maximum atomic E-state index is 6.33. The SMILES string of the molecule is Cc1ccc2oc(C(N)c3ccc(Cl)cc3)c(C)c2c1. The Morgan fingerprint density at radius 3 is 2.45 bits per heavy atom. The van der Waals surface area contributed by atoms with Gasteiger partial charge < -0.3 is 10.2 Å². The summed E-state index contributed by atoms with van der Waals surface area (Å²) in [4.78, 5) is 0. The van der Waals surface area contributed by atoms with Gasteiger partial charge in [0.15, 0.2) is 0 Å². The molecule has 1 atom stereocenters. The molecule has 0 fully saturated rings. The van der Waals surface area contributed by atoms with Crippen LogP contribution in [0.3, 0.4) is 0 Å². The van der Waals surface area contributed by atoms with Crippen molar-refractivity contribution < 1.29 is 4.42 Å². The number of hydrogen-bond acceptors (Lipinski definition) is 2. The molecule has 102 valence electrons. The van der Waals surface area contributed by atoms with E-state index in [9.17, 15) is 0 Å². The van der Waals surface area contributed by atoms with Crippen LogP contribution >= 0.6 is 11.6 Å². The molecule has 20 heavy (non-hydrogen) atoms. The van der Waals surface area contributed by atoms with Crippen molar-refractivity contribution in [1.82, 2.24) is 0 Å². The number of hydrogen-bond donors (Lipinski definition) is 1. The Morgan fingerprint density at radius 1 is 1.05 bits per heavy atom. The number of nitrogens with two attached hydrogens (primary N) is 1. The summed E-state index contributed by atoms with van der Waals surface area (Å²) in [5.74, 6) is 0.813. The largest absolute Gasteiger partial charge is 0.459 e. The predicted octanol–water partition coefficient (Wildman–Crippen LogP) is 4.75. The van der Waals surface area contributed by atoms with Crippen molar-refractivity contribution in [2.75, 3.05) is 0 Å². The molecular weight excluding hydrogens is 270 g/mol. The van der Waals surface area contributed by atoms with Gasteiger partial charge in [-0.15, -0.1) is 0 Å². The maximum absolute atomic E-state index is 6.33. The van der Waals surface area contributed by atoms with E-state index in [4.69, 9.17) is 21.8 Å². The fourth-order valence-electron chi connectivity index (χ4n) is 2.47. The first-order chi connectivity index (χ1) is 9.56. The standard InChI is InChI=1S/C17H16ClNO/c1-10-3-8-15-14(9-10)11(2)17(20-15)16(19)12-4-6-13(18)7-5-12/h3-9,16H,19H2,1-2H3. The van der Waals surface area contributed by atoms with Gasteiger partial charge in [0.05, 0.1) is 6.04 Å². The van der Waals surface area contributed by atoms with E-state index in [1.807, 2.05) is 36.4 Å². The molecule has 0 amide bonds. The molecule has 0 bridgehead atoms. The molecule has 3 aromatic rings. The van der Waals surface area contributed by atoms with Crippen molar-refractivity contribution in [3.63, 3.8) is 0 Å². The zero-order valence-corrected chi connectivity index (χ0v) is 12.2. The number of furan rings is 1. The molecule has 0 radical (unpaired) electrons. The van der Waals surface area contributed by atoms with E-state index in [2.05, 4.69) is 19.9 Å². The van der Waals surface area contributed by atoms with E-state index >= 15 is 0 Å². The van der Waals surface area contributed by atoms with Gasteiger partial charge in [0.25, 0.3) is 0 Å². The molecular formula is C17H16ClNO. The molecule has 1 unspecified atom stereocenters.